The largest absolute Gasteiger partial charge is 0.461 e. The molecule has 0 saturated carbocycles. The summed E-state index contributed by atoms with van der Waals surface area (Å²) in [4.78, 5) is 20.9. The topological polar surface area (TPSA) is 52.6 Å². The summed E-state index contributed by atoms with van der Waals surface area (Å²) in [5, 5.41) is 0. The van der Waals surface area contributed by atoms with Gasteiger partial charge in [-0.3, -0.25) is 9.59 Å². The minimum atomic E-state index is -0.430. The molecule has 0 aliphatic carbocycles. The van der Waals surface area contributed by atoms with E-state index >= 15 is 0 Å². The molecule has 0 bridgehead atoms. The van der Waals surface area contributed by atoms with Crippen molar-refractivity contribution in [2.75, 3.05) is 24.7 Å². The highest BCUT2D eigenvalue weighted by Gasteiger charge is 2.00. The van der Waals surface area contributed by atoms with Crippen LogP contribution in [0.5, 0.6) is 0 Å². The molecule has 0 spiro atoms. The fourth-order valence-corrected chi connectivity index (χ4v) is 0.585. The summed E-state index contributed by atoms with van der Waals surface area (Å²) < 4.78 is 9.14. The van der Waals surface area contributed by atoms with Gasteiger partial charge in [0.2, 0.25) is 0 Å². The number of carbonyl (C=O) groups is 2. The lowest BCUT2D eigenvalue weighted by Crippen LogP contribution is -2.14. The lowest BCUT2D eigenvalue weighted by atomic mass is 10.6. The highest BCUT2D eigenvalue weighted by Crippen LogP contribution is 1.85. The van der Waals surface area contributed by atoms with Gasteiger partial charge in [0.05, 0.1) is 11.5 Å². The second-order valence-electron chi connectivity index (χ2n) is 2.42. The Hall–Kier alpha value is -0.620. The first-order chi connectivity index (χ1) is 7.62. The number of thiol groups is 2. The molecule has 94 valence electrons. The van der Waals surface area contributed by atoms with E-state index in [1.165, 1.54) is 0 Å². The number of carbonyl (C=O) groups excluding carboxylic acids is 2. The van der Waals surface area contributed by atoms with E-state index in [1.807, 2.05) is 26.0 Å². The summed E-state index contributed by atoms with van der Waals surface area (Å²) in [5.41, 5.74) is 0. The van der Waals surface area contributed by atoms with E-state index < -0.39 is 11.9 Å². The van der Waals surface area contributed by atoms with E-state index in [4.69, 9.17) is 0 Å². The van der Waals surface area contributed by atoms with Crippen molar-refractivity contribution in [3.8, 4) is 0 Å². The van der Waals surface area contributed by atoms with Gasteiger partial charge in [0, 0.05) is 0 Å². The minimum Gasteiger partial charge on any atom is -0.461 e. The summed E-state index contributed by atoms with van der Waals surface area (Å²) >= 11 is 7.36. The maximum atomic E-state index is 10.5. The number of ether oxygens (including phenoxy) is 2. The Morgan fingerprint density at radius 3 is 1.44 bits per heavy atom. The van der Waals surface area contributed by atoms with E-state index in [1.54, 1.807) is 0 Å². The van der Waals surface area contributed by atoms with Crippen molar-refractivity contribution in [3.05, 3.63) is 12.2 Å². The number of rotatable bonds is 5. The van der Waals surface area contributed by atoms with Crippen LogP contribution in [0.25, 0.3) is 0 Å². The maximum absolute atomic E-state index is 10.5. The lowest BCUT2D eigenvalue weighted by molar-refractivity contribution is -0.148. The van der Waals surface area contributed by atoms with E-state index in [9.17, 15) is 9.59 Å². The Morgan fingerprint density at radius 1 is 0.938 bits per heavy atom. The molecule has 0 heterocycles. The summed E-state index contributed by atoms with van der Waals surface area (Å²) in [5.74, 6) is -0.804. The van der Waals surface area contributed by atoms with Crippen molar-refractivity contribution in [2.24, 2.45) is 0 Å². The van der Waals surface area contributed by atoms with Crippen LogP contribution in [0, 0.1) is 0 Å². The molecule has 0 aliphatic heterocycles. The normalized spacial score (nSPS) is 9.25. The van der Waals surface area contributed by atoms with Gasteiger partial charge in [-0.1, -0.05) is 12.2 Å². The highest BCUT2D eigenvalue weighted by molar-refractivity contribution is 7.81. The van der Waals surface area contributed by atoms with Crippen molar-refractivity contribution < 1.29 is 19.1 Å². The fourth-order valence-electron chi connectivity index (χ4n) is 0.402. The molecule has 0 unspecified atom stereocenters. The van der Waals surface area contributed by atoms with Crippen LogP contribution in [-0.2, 0) is 19.1 Å². The fraction of sp³-hybridized carbons (Fsp3) is 0.600. The van der Waals surface area contributed by atoms with Gasteiger partial charge in [-0.05, 0) is 13.8 Å². The zero-order valence-electron chi connectivity index (χ0n) is 9.51. The molecule has 0 rings (SSSR count). The molecule has 4 nitrogen and oxygen atoms in total. The van der Waals surface area contributed by atoms with Crippen LogP contribution in [0.2, 0.25) is 0 Å². The summed E-state index contributed by atoms with van der Waals surface area (Å²) in [6.07, 6.45) is 4.00. The van der Waals surface area contributed by atoms with Gasteiger partial charge in [0.25, 0.3) is 0 Å². The first-order valence-electron chi connectivity index (χ1n) is 4.72. The van der Waals surface area contributed by atoms with Crippen LogP contribution in [0.15, 0.2) is 12.2 Å². The van der Waals surface area contributed by atoms with Gasteiger partial charge in [-0.15, -0.1) is 0 Å². The Kier molecular flexibility index (Phi) is 16.0. The molecule has 6 heteroatoms. The van der Waals surface area contributed by atoms with Gasteiger partial charge >= 0.3 is 11.9 Å². The Morgan fingerprint density at radius 2 is 1.25 bits per heavy atom. The molecule has 0 aromatic heterocycles. The zero-order valence-corrected chi connectivity index (χ0v) is 11.3. The van der Waals surface area contributed by atoms with Gasteiger partial charge in [-0.2, -0.15) is 25.3 Å². The average molecular weight is 266 g/mol. The molecule has 0 atom stereocenters. The van der Waals surface area contributed by atoms with Crippen molar-refractivity contribution in [1.29, 1.82) is 0 Å². The molecule has 0 saturated heterocycles. The summed E-state index contributed by atoms with van der Waals surface area (Å²) in [6.45, 7) is 4.14. The van der Waals surface area contributed by atoms with E-state index in [2.05, 4.69) is 34.7 Å². The van der Waals surface area contributed by atoms with Crippen LogP contribution in [-0.4, -0.2) is 36.7 Å². The molecule has 0 radical (unpaired) electrons. The van der Waals surface area contributed by atoms with Gasteiger partial charge in [-0.25, -0.2) is 0 Å². The standard InChI is InChI=1S/C6H10O4S2.C4H8/c7-5(3-11)9-1-2-10-6(8)4-12;1-3-4-2/h11-12H,1-4H2;3-4H,1-2H3. The van der Waals surface area contributed by atoms with Gasteiger partial charge in [0.15, 0.2) is 0 Å². The van der Waals surface area contributed by atoms with E-state index in [-0.39, 0.29) is 24.7 Å². The van der Waals surface area contributed by atoms with Crippen LogP contribution in [0.3, 0.4) is 0 Å². The molecule has 0 aromatic rings. The van der Waals surface area contributed by atoms with Crippen LogP contribution in [0.1, 0.15) is 13.8 Å². The maximum Gasteiger partial charge on any atom is 0.315 e. The average Bonchev–Trinajstić information content (AvgIpc) is 2.34. The van der Waals surface area contributed by atoms with Crippen molar-refractivity contribution >= 4 is 37.2 Å². The third kappa shape index (κ3) is 15.8. The lowest BCUT2D eigenvalue weighted by Gasteiger charge is -2.03. The molecule has 0 aromatic carbocycles. The SMILES string of the molecule is CC=CC.O=C(CS)OCCOC(=O)CS. The monoisotopic (exact) mass is 266 g/mol. The molecule has 0 N–H and O–H groups in total. The summed E-state index contributed by atoms with van der Waals surface area (Å²) in [7, 11) is 0. The number of hydrogen-bond donors (Lipinski definition) is 2. The van der Waals surface area contributed by atoms with E-state index in [0.717, 1.165) is 0 Å². The van der Waals surface area contributed by atoms with Crippen molar-refractivity contribution in [1.82, 2.24) is 0 Å². The van der Waals surface area contributed by atoms with Crippen LogP contribution in [0.4, 0.5) is 0 Å². The first-order valence-corrected chi connectivity index (χ1v) is 5.99. The second kappa shape index (κ2) is 14.4. The molecule has 16 heavy (non-hydrogen) atoms. The zero-order chi connectivity index (χ0) is 12.8. The number of allylic oxidation sites excluding steroid dienone is 2. The molecule has 0 amide bonds. The number of esters is 2. The summed E-state index contributed by atoms with van der Waals surface area (Å²) in [6, 6.07) is 0. The Bertz CT molecular complexity index is 195. The second-order valence-corrected chi connectivity index (χ2v) is 3.06. The molecular weight excluding hydrogens is 248 g/mol. The quantitative estimate of drug-likeness (QED) is 0.343. The third-order valence-electron chi connectivity index (χ3n) is 1.20. The highest BCUT2D eigenvalue weighted by atomic mass is 32.1. The van der Waals surface area contributed by atoms with Crippen LogP contribution >= 0.6 is 25.3 Å². The minimum absolute atomic E-state index is 0.0283. The Balaban J connectivity index is 0. The smallest absolute Gasteiger partial charge is 0.315 e. The molecular formula is C10H18O4S2. The molecule has 0 aliphatic rings. The van der Waals surface area contributed by atoms with Crippen molar-refractivity contribution in [3.63, 3.8) is 0 Å². The number of hydrogen-bond acceptors (Lipinski definition) is 6. The van der Waals surface area contributed by atoms with Gasteiger partial charge in [0.1, 0.15) is 13.2 Å². The van der Waals surface area contributed by atoms with Crippen molar-refractivity contribution in [2.45, 2.75) is 13.8 Å². The van der Waals surface area contributed by atoms with Gasteiger partial charge < -0.3 is 9.47 Å². The molecule has 0 fully saturated rings. The first kappa shape index (κ1) is 17.8. The Labute approximate surface area is 107 Å². The van der Waals surface area contributed by atoms with Crippen LogP contribution < -0.4 is 0 Å². The predicted octanol–water partition coefficient (Wildman–Crippen LogP) is 1.51. The predicted molar refractivity (Wildman–Crippen MR) is 70.1 cm³/mol. The third-order valence-corrected chi connectivity index (χ3v) is 1.72. The van der Waals surface area contributed by atoms with E-state index in [0.29, 0.717) is 0 Å².